The highest BCUT2D eigenvalue weighted by Crippen LogP contribution is 2.34. The van der Waals surface area contributed by atoms with Crippen LogP contribution in [0.1, 0.15) is 15.9 Å². The van der Waals surface area contributed by atoms with Crippen molar-refractivity contribution in [3.8, 4) is 0 Å². The number of hydrogen-bond acceptors (Lipinski definition) is 2. The van der Waals surface area contributed by atoms with E-state index in [0.717, 1.165) is 12.4 Å². The van der Waals surface area contributed by atoms with Gasteiger partial charge in [0.05, 0.1) is 23.0 Å². The summed E-state index contributed by atoms with van der Waals surface area (Å²) in [5, 5.41) is 8.67. The molecule has 0 aliphatic carbocycles. The van der Waals surface area contributed by atoms with Crippen LogP contribution >= 0.6 is 0 Å². The number of hydrogen-bond donors (Lipinski definition) is 2. The number of nitrogens with zero attached hydrogens (tertiary/aromatic N) is 1. The van der Waals surface area contributed by atoms with Crippen molar-refractivity contribution in [2.45, 2.75) is 6.18 Å². The fraction of sp³-hybridized carbons (Fsp3) is 0.111. The van der Waals surface area contributed by atoms with Gasteiger partial charge in [0.1, 0.15) is 5.52 Å². The van der Waals surface area contributed by atoms with Gasteiger partial charge in [0, 0.05) is 0 Å². The highest BCUT2D eigenvalue weighted by molar-refractivity contribution is 5.93. The van der Waals surface area contributed by atoms with Gasteiger partial charge in [-0.05, 0) is 12.1 Å². The predicted molar refractivity (Wildman–Crippen MR) is 48.1 cm³/mol. The van der Waals surface area contributed by atoms with Gasteiger partial charge in [-0.25, -0.2) is 9.78 Å². The first-order chi connectivity index (χ1) is 7.39. The highest BCUT2D eigenvalue weighted by Gasteiger charge is 2.34. The number of fused-ring (bicyclic) bond motifs is 1. The van der Waals surface area contributed by atoms with Crippen molar-refractivity contribution in [3.05, 3.63) is 29.6 Å². The molecular weight excluding hydrogens is 225 g/mol. The number of aromatic carboxylic acids is 1. The Kier molecular flexibility index (Phi) is 2.11. The molecule has 0 aliphatic heterocycles. The van der Waals surface area contributed by atoms with E-state index in [4.69, 9.17) is 5.11 Å². The van der Waals surface area contributed by atoms with Crippen LogP contribution in [0.25, 0.3) is 11.0 Å². The lowest BCUT2D eigenvalue weighted by molar-refractivity contribution is -0.136. The van der Waals surface area contributed by atoms with Gasteiger partial charge < -0.3 is 10.1 Å². The van der Waals surface area contributed by atoms with Gasteiger partial charge in [-0.1, -0.05) is 0 Å². The highest BCUT2D eigenvalue weighted by atomic mass is 19.4. The molecule has 0 spiro atoms. The molecule has 0 saturated heterocycles. The zero-order valence-corrected chi connectivity index (χ0v) is 7.67. The number of halogens is 3. The van der Waals surface area contributed by atoms with Gasteiger partial charge in [-0.15, -0.1) is 0 Å². The second-order valence-corrected chi connectivity index (χ2v) is 3.13. The second kappa shape index (κ2) is 3.22. The number of H-pyrrole nitrogens is 1. The summed E-state index contributed by atoms with van der Waals surface area (Å²) in [6, 6.07) is 1.69. The number of benzene rings is 1. The summed E-state index contributed by atoms with van der Waals surface area (Å²) in [7, 11) is 0. The Morgan fingerprint density at radius 3 is 2.62 bits per heavy atom. The maximum absolute atomic E-state index is 12.6. The maximum atomic E-state index is 12.6. The Labute approximate surface area is 86.7 Å². The van der Waals surface area contributed by atoms with Crippen LogP contribution in [0.15, 0.2) is 18.5 Å². The van der Waals surface area contributed by atoms with E-state index in [1.54, 1.807) is 0 Å². The van der Waals surface area contributed by atoms with Crippen molar-refractivity contribution in [1.82, 2.24) is 9.97 Å². The van der Waals surface area contributed by atoms with Crippen LogP contribution in [0, 0.1) is 0 Å². The van der Waals surface area contributed by atoms with Crippen molar-refractivity contribution in [2.75, 3.05) is 0 Å². The Morgan fingerprint density at radius 2 is 2.06 bits per heavy atom. The quantitative estimate of drug-likeness (QED) is 0.789. The van der Waals surface area contributed by atoms with Gasteiger partial charge in [-0.2, -0.15) is 13.2 Å². The molecule has 2 aromatic rings. The van der Waals surface area contributed by atoms with Gasteiger partial charge in [0.25, 0.3) is 0 Å². The van der Waals surface area contributed by atoms with E-state index in [2.05, 4.69) is 9.97 Å². The topological polar surface area (TPSA) is 66.0 Å². The minimum absolute atomic E-state index is 0.0484. The van der Waals surface area contributed by atoms with E-state index in [0.29, 0.717) is 6.07 Å². The van der Waals surface area contributed by atoms with Gasteiger partial charge >= 0.3 is 12.1 Å². The van der Waals surface area contributed by atoms with Crippen molar-refractivity contribution < 1.29 is 23.1 Å². The average Bonchev–Trinajstić information content (AvgIpc) is 2.61. The molecule has 0 saturated carbocycles. The number of carboxylic acids is 1. The van der Waals surface area contributed by atoms with Crippen LogP contribution in [-0.4, -0.2) is 21.0 Å². The van der Waals surface area contributed by atoms with Crippen LogP contribution in [0.4, 0.5) is 13.2 Å². The average molecular weight is 230 g/mol. The SMILES string of the molecule is O=C(O)c1cc(C(F)(F)F)c2nc[nH]c2c1. The fourth-order valence-electron chi connectivity index (χ4n) is 1.39. The number of aromatic nitrogens is 2. The Bertz CT molecular complexity index is 559. The normalized spacial score (nSPS) is 11.9. The summed E-state index contributed by atoms with van der Waals surface area (Å²) in [6.45, 7) is 0. The summed E-state index contributed by atoms with van der Waals surface area (Å²) in [5.74, 6) is -1.41. The molecule has 84 valence electrons. The predicted octanol–water partition coefficient (Wildman–Crippen LogP) is 2.28. The third kappa shape index (κ3) is 1.60. The molecule has 1 aromatic carbocycles. The van der Waals surface area contributed by atoms with Crippen LogP contribution in [0.5, 0.6) is 0 Å². The van der Waals surface area contributed by atoms with E-state index < -0.39 is 23.3 Å². The smallest absolute Gasteiger partial charge is 0.418 e. The van der Waals surface area contributed by atoms with Crippen LogP contribution in [0.2, 0.25) is 0 Å². The second-order valence-electron chi connectivity index (χ2n) is 3.13. The van der Waals surface area contributed by atoms with Gasteiger partial charge in [0.15, 0.2) is 0 Å². The number of imidazole rings is 1. The molecule has 2 N–H and O–H groups in total. The molecule has 1 aromatic heterocycles. The van der Waals surface area contributed by atoms with Crippen LogP contribution in [-0.2, 0) is 6.18 Å². The molecule has 0 radical (unpaired) electrons. The van der Waals surface area contributed by atoms with E-state index in [-0.39, 0.29) is 11.0 Å². The lowest BCUT2D eigenvalue weighted by atomic mass is 10.1. The summed E-state index contributed by atoms with van der Waals surface area (Å²) in [4.78, 5) is 16.6. The lowest BCUT2D eigenvalue weighted by Gasteiger charge is -2.08. The van der Waals surface area contributed by atoms with Crippen LogP contribution < -0.4 is 0 Å². The summed E-state index contributed by atoms with van der Waals surface area (Å²) < 4.78 is 37.8. The van der Waals surface area contributed by atoms with Crippen molar-refractivity contribution in [3.63, 3.8) is 0 Å². The number of carbonyl (C=O) groups is 1. The number of rotatable bonds is 1. The number of carboxylic acid groups (broad SMARTS) is 1. The summed E-state index contributed by atoms with van der Waals surface area (Å²) in [6.07, 6.45) is -3.54. The number of alkyl halides is 3. The van der Waals surface area contributed by atoms with E-state index in [1.807, 2.05) is 0 Å². The molecule has 0 bridgehead atoms. The molecule has 0 fully saturated rings. The zero-order chi connectivity index (χ0) is 11.9. The minimum Gasteiger partial charge on any atom is -0.478 e. The summed E-state index contributed by atoms with van der Waals surface area (Å²) >= 11 is 0. The molecule has 1 heterocycles. The molecule has 0 amide bonds. The molecule has 0 aliphatic rings. The van der Waals surface area contributed by atoms with E-state index >= 15 is 0 Å². The van der Waals surface area contributed by atoms with Gasteiger partial charge in [0.2, 0.25) is 0 Å². The van der Waals surface area contributed by atoms with E-state index in [9.17, 15) is 18.0 Å². The molecular formula is C9H5F3N2O2. The van der Waals surface area contributed by atoms with Crippen molar-refractivity contribution in [2.24, 2.45) is 0 Å². The molecule has 0 unspecified atom stereocenters. The third-order valence-electron chi connectivity index (χ3n) is 2.08. The molecule has 0 atom stereocenters. The van der Waals surface area contributed by atoms with Crippen molar-refractivity contribution >= 4 is 17.0 Å². The Morgan fingerprint density at radius 1 is 1.38 bits per heavy atom. The molecule has 4 nitrogen and oxygen atoms in total. The lowest BCUT2D eigenvalue weighted by Crippen LogP contribution is -2.08. The Balaban J connectivity index is 2.79. The maximum Gasteiger partial charge on any atom is 0.418 e. The first kappa shape index (κ1) is 10.5. The third-order valence-corrected chi connectivity index (χ3v) is 2.08. The molecule has 16 heavy (non-hydrogen) atoms. The number of aromatic amines is 1. The first-order valence-corrected chi connectivity index (χ1v) is 4.17. The molecule has 2 rings (SSSR count). The monoisotopic (exact) mass is 230 g/mol. The van der Waals surface area contributed by atoms with Crippen molar-refractivity contribution in [1.29, 1.82) is 0 Å². The van der Waals surface area contributed by atoms with Gasteiger partial charge in [-0.3, -0.25) is 0 Å². The summed E-state index contributed by atoms with van der Waals surface area (Å²) in [5.41, 5.74) is -1.71. The first-order valence-electron chi connectivity index (χ1n) is 4.17. The van der Waals surface area contributed by atoms with Crippen LogP contribution in [0.3, 0.4) is 0 Å². The standard InChI is InChI=1S/C9H5F3N2O2/c10-9(11,12)5-1-4(8(15)16)2-6-7(5)14-3-13-6/h1-3H,(H,13,14)(H,15,16). The largest absolute Gasteiger partial charge is 0.478 e. The fourth-order valence-corrected chi connectivity index (χ4v) is 1.39. The minimum atomic E-state index is -4.63. The molecule has 7 heteroatoms. The zero-order valence-electron chi connectivity index (χ0n) is 7.67. The van der Waals surface area contributed by atoms with E-state index in [1.165, 1.54) is 0 Å². The Hall–Kier alpha value is -2.05. The number of nitrogens with one attached hydrogen (secondary N) is 1.